The van der Waals surface area contributed by atoms with E-state index >= 15 is 0 Å². The molecule has 9 nitrogen and oxygen atoms in total. The lowest BCUT2D eigenvalue weighted by atomic mass is 10.1. The summed E-state index contributed by atoms with van der Waals surface area (Å²) in [6, 6.07) is 17.4. The molecule has 0 saturated carbocycles. The van der Waals surface area contributed by atoms with E-state index in [-0.39, 0.29) is 23.4 Å². The molecule has 220 valence electrons. The van der Waals surface area contributed by atoms with Gasteiger partial charge >= 0.3 is 0 Å². The molecule has 0 aliphatic rings. The molecule has 2 amide bonds. The van der Waals surface area contributed by atoms with Crippen molar-refractivity contribution in [2.45, 2.75) is 51.2 Å². The molecule has 0 spiro atoms. The summed E-state index contributed by atoms with van der Waals surface area (Å²) in [5, 5.41) is 2.84. The summed E-state index contributed by atoms with van der Waals surface area (Å²) in [5.74, 6) is 0.176. The number of anilines is 1. The molecule has 0 unspecified atom stereocenters. The summed E-state index contributed by atoms with van der Waals surface area (Å²) in [7, 11) is -1.18. The van der Waals surface area contributed by atoms with Crippen LogP contribution in [-0.2, 0) is 26.2 Å². The molecule has 0 aliphatic heterocycles. The van der Waals surface area contributed by atoms with Gasteiger partial charge in [-0.15, -0.1) is 0 Å². The van der Waals surface area contributed by atoms with Crippen LogP contribution in [0.4, 0.5) is 5.69 Å². The number of hydrogen-bond acceptors (Lipinski definition) is 6. The number of aryl methyl sites for hydroxylation is 1. The Hall–Kier alpha value is -3.57. The highest BCUT2D eigenvalue weighted by atomic mass is 79.9. The van der Waals surface area contributed by atoms with Gasteiger partial charge in [-0.25, -0.2) is 8.42 Å². The van der Waals surface area contributed by atoms with Crippen molar-refractivity contribution in [2.75, 3.05) is 25.1 Å². The van der Waals surface area contributed by atoms with Crippen LogP contribution >= 0.6 is 15.9 Å². The second-order valence-corrected chi connectivity index (χ2v) is 12.6. The molecule has 0 heterocycles. The molecule has 11 heteroatoms. The van der Waals surface area contributed by atoms with Gasteiger partial charge in [-0.1, -0.05) is 29.8 Å². The first-order chi connectivity index (χ1) is 19.4. The molecule has 0 fully saturated rings. The first-order valence-electron chi connectivity index (χ1n) is 13.0. The molecule has 1 N–H and O–H groups in total. The van der Waals surface area contributed by atoms with E-state index in [1.807, 2.05) is 26.8 Å². The van der Waals surface area contributed by atoms with Crippen molar-refractivity contribution in [2.24, 2.45) is 0 Å². The van der Waals surface area contributed by atoms with E-state index in [2.05, 4.69) is 21.2 Å². The van der Waals surface area contributed by atoms with Crippen molar-refractivity contribution in [1.82, 2.24) is 10.2 Å². The zero-order valence-electron chi connectivity index (χ0n) is 24.0. The number of halogens is 1. The molecule has 1 atom stereocenters. The van der Waals surface area contributed by atoms with E-state index in [9.17, 15) is 18.0 Å². The van der Waals surface area contributed by atoms with Crippen LogP contribution in [0.1, 0.15) is 31.9 Å². The number of carbonyl (C=O) groups is 2. The first kappa shape index (κ1) is 32.0. The number of carbonyl (C=O) groups excluding carboxylic acids is 2. The van der Waals surface area contributed by atoms with Gasteiger partial charge in [0.2, 0.25) is 11.8 Å². The number of benzene rings is 3. The highest BCUT2D eigenvalue weighted by molar-refractivity contribution is 9.10. The molecule has 0 aromatic heterocycles. The lowest BCUT2D eigenvalue weighted by molar-refractivity contribution is -0.139. The predicted octanol–water partition coefficient (Wildman–Crippen LogP) is 4.91. The number of hydrogen-bond donors (Lipinski definition) is 1. The molecule has 3 rings (SSSR count). The number of amides is 2. The third-order valence-electron chi connectivity index (χ3n) is 6.40. The van der Waals surface area contributed by atoms with Crippen molar-refractivity contribution < 1.29 is 27.5 Å². The van der Waals surface area contributed by atoms with Crippen molar-refractivity contribution in [3.8, 4) is 11.5 Å². The van der Waals surface area contributed by atoms with Gasteiger partial charge in [-0.05, 0) is 91.7 Å². The zero-order valence-corrected chi connectivity index (χ0v) is 26.5. The van der Waals surface area contributed by atoms with Gasteiger partial charge in [0.25, 0.3) is 10.0 Å². The van der Waals surface area contributed by atoms with Crippen molar-refractivity contribution in [1.29, 1.82) is 0 Å². The Bertz CT molecular complexity index is 1480. The van der Waals surface area contributed by atoms with E-state index in [1.54, 1.807) is 62.6 Å². The van der Waals surface area contributed by atoms with Crippen LogP contribution in [0.25, 0.3) is 0 Å². The fourth-order valence-corrected chi connectivity index (χ4v) is 6.26. The summed E-state index contributed by atoms with van der Waals surface area (Å²) < 4.78 is 40.1. The Morgan fingerprint density at radius 3 is 2.22 bits per heavy atom. The average molecular weight is 647 g/mol. The number of sulfonamides is 1. The van der Waals surface area contributed by atoms with Crippen LogP contribution in [0.3, 0.4) is 0 Å². The van der Waals surface area contributed by atoms with Crippen LogP contribution in [0.5, 0.6) is 11.5 Å². The molecule has 0 aliphatic carbocycles. The van der Waals surface area contributed by atoms with Crippen LogP contribution in [0, 0.1) is 6.92 Å². The largest absolute Gasteiger partial charge is 0.497 e. The van der Waals surface area contributed by atoms with E-state index in [1.165, 1.54) is 24.1 Å². The smallest absolute Gasteiger partial charge is 0.264 e. The monoisotopic (exact) mass is 645 g/mol. The van der Waals surface area contributed by atoms with Gasteiger partial charge in [0.15, 0.2) is 0 Å². The third-order valence-corrected chi connectivity index (χ3v) is 8.79. The van der Waals surface area contributed by atoms with Crippen molar-refractivity contribution in [3.63, 3.8) is 0 Å². The van der Waals surface area contributed by atoms with E-state index in [4.69, 9.17) is 9.47 Å². The summed E-state index contributed by atoms with van der Waals surface area (Å²) >= 11 is 3.35. The fourth-order valence-electron chi connectivity index (χ4n) is 4.13. The van der Waals surface area contributed by atoms with Gasteiger partial charge < -0.3 is 19.7 Å². The van der Waals surface area contributed by atoms with Gasteiger partial charge in [0.1, 0.15) is 24.1 Å². The fraction of sp³-hybridized carbons (Fsp3) is 0.333. The lowest BCUT2D eigenvalue weighted by Crippen LogP contribution is -2.52. The average Bonchev–Trinajstić information content (AvgIpc) is 2.94. The minimum absolute atomic E-state index is 0.0245. The van der Waals surface area contributed by atoms with Crippen LogP contribution < -0.4 is 19.1 Å². The van der Waals surface area contributed by atoms with Gasteiger partial charge in [0.05, 0.1) is 29.3 Å². The second-order valence-electron chi connectivity index (χ2n) is 9.86. The molecule has 3 aromatic carbocycles. The lowest BCUT2D eigenvalue weighted by Gasteiger charge is -2.32. The molecular weight excluding hydrogens is 610 g/mol. The molecule has 41 heavy (non-hydrogen) atoms. The number of nitrogens with one attached hydrogen (secondary N) is 1. The quantitative estimate of drug-likeness (QED) is 0.300. The Morgan fingerprint density at radius 1 is 0.951 bits per heavy atom. The molecule has 0 radical (unpaired) electrons. The summed E-state index contributed by atoms with van der Waals surface area (Å²) in [6.07, 6.45) is 0. The Kier molecular flexibility index (Phi) is 10.8. The predicted molar refractivity (Wildman–Crippen MR) is 163 cm³/mol. The Morgan fingerprint density at radius 2 is 1.63 bits per heavy atom. The van der Waals surface area contributed by atoms with E-state index in [0.717, 1.165) is 15.4 Å². The zero-order chi connectivity index (χ0) is 30.3. The van der Waals surface area contributed by atoms with Crippen LogP contribution in [0.2, 0.25) is 0 Å². The Labute approximate surface area is 250 Å². The number of nitrogens with zero attached hydrogens (tertiary/aromatic N) is 2. The van der Waals surface area contributed by atoms with Crippen molar-refractivity contribution in [3.05, 3.63) is 82.3 Å². The number of rotatable bonds is 12. The molecular formula is C30H36BrN3O6S. The molecule has 0 saturated heterocycles. The minimum atomic E-state index is -4.21. The SMILES string of the molecule is COc1cccc(CN(C(=O)CN(c2ccc(C)cc2)S(=O)(=O)c2ccc(OC)c(Br)c2)[C@@H](C)C(=O)NC(C)C)c1. The van der Waals surface area contributed by atoms with E-state index in [0.29, 0.717) is 21.7 Å². The maximum absolute atomic E-state index is 14.0. The first-order valence-corrected chi connectivity index (χ1v) is 15.3. The topological polar surface area (TPSA) is 105 Å². The Balaban J connectivity index is 2.06. The van der Waals surface area contributed by atoms with Gasteiger partial charge in [0, 0.05) is 12.6 Å². The highest BCUT2D eigenvalue weighted by Gasteiger charge is 2.33. The molecule has 3 aromatic rings. The van der Waals surface area contributed by atoms with Crippen LogP contribution in [-0.4, -0.2) is 58.0 Å². The maximum Gasteiger partial charge on any atom is 0.264 e. The minimum Gasteiger partial charge on any atom is -0.497 e. The maximum atomic E-state index is 14.0. The van der Waals surface area contributed by atoms with E-state index < -0.39 is 28.5 Å². The number of methoxy groups -OCH3 is 2. The standard InChI is InChI=1S/C30H36BrN3O6S/c1-20(2)32-30(36)22(4)33(18-23-8-7-9-25(16-23)39-5)29(35)19-34(24-12-10-21(3)11-13-24)41(37,38)26-14-15-28(40-6)27(31)17-26/h7-17,20,22H,18-19H2,1-6H3,(H,32,36)/t22-/m0/s1. The third kappa shape index (κ3) is 8.01. The second kappa shape index (κ2) is 13.9. The number of ether oxygens (including phenoxy) is 2. The van der Waals surface area contributed by atoms with Crippen molar-refractivity contribution >= 4 is 43.5 Å². The highest BCUT2D eigenvalue weighted by Crippen LogP contribution is 2.31. The summed E-state index contributed by atoms with van der Waals surface area (Å²) in [4.78, 5) is 28.4. The molecule has 0 bridgehead atoms. The van der Waals surface area contributed by atoms with Crippen LogP contribution in [0.15, 0.2) is 76.1 Å². The van der Waals surface area contributed by atoms with Gasteiger partial charge in [-0.2, -0.15) is 0 Å². The summed E-state index contributed by atoms with van der Waals surface area (Å²) in [6.45, 7) is 6.71. The summed E-state index contributed by atoms with van der Waals surface area (Å²) in [5.41, 5.74) is 1.98. The van der Waals surface area contributed by atoms with Gasteiger partial charge in [-0.3, -0.25) is 13.9 Å². The normalized spacial score (nSPS) is 12.0.